The molecule has 96 valence electrons. The van der Waals surface area contributed by atoms with Gasteiger partial charge in [0.1, 0.15) is 11.6 Å². The van der Waals surface area contributed by atoms with Gasteiger partial charge < -0.3 is 10.4 Å². The van der Waals surface area contributed by atoms with Crippen LogP contribution in [0.3, 0.4) is 0 Å². The molecule has 0 fully saturated rings. The number of rotatable bonds is 5. The van der Waals surface area contributed by atoms with Gasteiger partial charge in [0.2, 0.25) is 0 Å². The van der Waals surface area contributed by atoms with E-state index in [9.17, 15) is 9.50 Å². The van der Waals surface area contributed by atoms with E-state index in [2.05, 4.69) is 10.4 Å². The molecular weight excluding hydrogens is 233 g/mol. The molecule has 0 saturated carbocycles. The van der Waals surface area contributed by atoms with Crippen LogP contribution < -0.4 is 5.32 Å². The highest BCUT2D eigenvalue weighted by molar-refractivity contribution is 5.28. The van der Waals surface area contributed by atoms with Crippen LogP contribution in [0.5, 0.6) is 5.75 Å². The molecular formula is C13H16FN3O. The minimum absolute atomic E-state index is 0.0449. The van der Waals surface area contributed by atoms with E-state index in [-0.39, 0.29) is 5.75 Å². The minimum atomic E-state index is -0.420. The first-order chi connectivity index (χ1) is 8.63. The number of halogens is 1. The van der Waals surface area contributed by atoms with E-state index in [1.807, 2.05) is 19.3 Å². The standard InChI is InChI=1S/C13H16FN3O/c1-17-5-3-12(16-17)2-4-15-9-10-6-11(14)8-13(18)7-10/h3,5-8,15,18H,2,4,9H2,1H3. The van der Waals surface area contributed by atoms with Crippen LogP contribution in [0, 0.1) is 5.82 Å². The molecule has 0 saturated heterocycles. The van der Waals surface area contributed by atoms with E-state index in [4.69, 9.17) is 0 Å². The van der Waals surface area contributed by atoms with Crippen molar-refractivity contribution in [3.8, 4) is 5.75 Å². The first-order valence-corrected chi connectivity index (χ1v) is 5.81. The Hall–Kier alpha value is -1.88. The van der Waals surface area contributed by atoms with Gasteiger partial charge in [0.25, 0.3) is 0 Å². The number of hydrogen-bond donors (Lipinski definition) is 2. The number of hydrogen-bond acceptors (Lipinski definition) is 3. The second kappa shape index (κ2) is 5.64. The first-order valence-electron chi connectivity index (χ1n) is 5.81. The SMILES string of the molecule is Cn1ccc(CCNCc2cc(O)cc(F)c2)n1. The van der Waals surface area contributed by atoms with Crippen LogP contribution in [0.1, 0.15) is 11.3 Å². The molecule has 1 aromatic heterocycles. The Morgan fingerprint density at radius 3 is 2.89 bits per heavy atom. The normalized spacial score (nSPS) is 10.8. The molecule has 0 unspecified atom stereocenters. The molecule has 0 aliphatic rings. The van der Waals surface area contributed by atoms with Crippen LogP contribution in [0.25, 0.3) is 0 Å². The van der Waals surface area contributed by atoms with Gasteiger partial charge in [-0.05, 0) is 23.8 Å². The topological polar surface area (TPSA) is 50.1 Å². The Balaban J connectivity index is 1.78. The van der Waals surface area contributed by atoms with E-state index >= 15 is 0 Å². The van der Waals surface area contributed by atoms with Gasteiger partial charge in [-0.15, -0.1) is 0 Å². The Morgan fingerprint density at radius 1 is 1.39 bits per heavy atom. The van der Waals surface area contributed by atoms with Crippen LogP contribution in [-0.4, -0.2) is 21.4 Å². The maximum atomic E-state index is 13.0. The maximum Gasteiger partial charge on any atom is 0.127 e. The summed E-state index contributed by atoms with van der Waals surface area (Å²) in [5.41, 5.74) is 1.75. The Morgan fingerprint density at radius 2 is 2.22 bits per heavy atom. The zero-order chi connectivity index (χ0) is 13.0. The molecule has 0 amide bonds. The van der Waals surface area contributed by atoms with Crippen molar-refractivity contribution >= 4 is 0 Å². The summed E-state index contributed by atoms with van der Waals surface area (Å²) in [6.45, 7) is 1.28. The molecule has 2 aromatic rings. The third-order valence-corrected chi connectivity index (χ3v) is 2.60. The molecule has 5 heteroatoms. The third kappa shape index (κ3) is 3.56. The predicted octanol–water partition coefficient (Wildman–Crippen LogP) is 1.60. The molecule has 0 radical (unpaired) electrons. The fourth-order valence-electron chi connectivity index (χ4n) is 1.78. The average Bonchev–Trinajstić information content (AvgIpc) is 2.69. The van der Waals surface area contributed by atoms with Gasteiger partial charge in [-0.1, -0.05) is 0 Å². The minimum Gasteiger partial charge on any atom is -0.508 e. The van der Waals surface area contributed by atoms with Crippen molar-refractivity contribution in [2.45, 2.75) is 13.0 Å². The number of nitrogens with one attached hydrogen (secondary N) is 1. The van der Waals surface area contributed by atoms with Crippen molar-refractivity contribution in [2.24, 2.45) is 7.05 Å². The van der Waals surface area contributed by atoms with Crippen molar-refractivity contribution < 1.29 is 9.50 Å². The van der Waals surface area contributed by atoms with Crippen LogP contribution in [-0.2, 0) is 20.0 Å². The van der Waals surface area contributed by atoms with Gasteiger partial charge in [0, 0.05) is 38.8 Å². The number of aromatic hydroxyl groups is 1. The summed E-state index contributed by atoms with van der Waals surface area (Å²) in [4.78, 5) is 0. The predicted molar refractivity (Wildman–Crippen MR) is 66.7 cm³/mol. The number of nitrogens with zero attached hydrogens (tertiary/aromatic N) is 2. The molecule has 2 rings (SSSR count). The molecule has 0 aliphatic heterocycles. The van der Waals surface area contributed by atoms with Gasteiger partial charge in [0.05, 0.1) is 5.69 Å². The fraction of sp³-hybridized carbons (Fsp3) is 0.308. The molecule has 0 atom stereocenters. The second-order valence-electron chi connectivity index (χ2n) is 4.23. The maximum absolute atomic E-state index is 13.0. The number of benzene rings is 1. The molecule has 0 aliphatic carbocycles. The highest BCUT2D eigenvalue weighted by atomic mass is 19.1. The Bertz CT molecular complexity index is 504. The molecule has 4 nitrogen and oxygen atoms in total. The van der Waals surface area contributed by atoms with Crippen molar-refractivity contribution in [3.63, 3.8) is 0 Å². The average molecular weight is 249 g/mol. The van der Waals surface area contributed by atoms with Gasteiger partial charge in [-0.3, -0.25) is 4.68 Å². The summed E-state index contributed by atoms with van der Waals surface area (Å²) in [7, 11) is 1.88. The van der Waals surface area contributed by atoms with E-state index in [0.29, 0.717) is 6.54 Å². The third-order valence-electron chi connectivity index (χ3n) is 2.60. The highest BCUT2D eigenvalue weighted by Gasteiger charge is 2.00. The zero-order valence-electron chi connectivity index (χ0n) is 10.2. The van der Waals surface area contributed by atoms with E-state index in [1.54, 1.807) is 10.7 Å². The lowest BCUT2D eigenvalue weighted by Gasteiger charge is -2.04. The molecule has 2 N–H and O–H groups in total. The molecule has 0 spiro atoms. The number of aryl methyl sites for hydroxylation is 1. The van der Waals surface area contributed by atoms with Gasteiger partial charge in [-0.25, -0.2) is 4.39 Å². The first kappa shape index (κ1) is 12.6. The molecule has 18 heavy (non-hydrogen) atoms. The highest BCUT2D eigenvalue weighted by Crippen LogP contribution is 2.14. The van der Waals surface area contributed by atoms with Gasteiger partial charge in [0.15, 0.2) is 0 Å². The molecule has 0 bridgehead atoms. The molecule has 1 heterocycles. The Kier molecular flexibility index (Phi) is 3.94. The van der Waals surface area contributed by atoms with E-state index in [0.717, 1.165) is 30.3 Å². The van der Waals surface area contributed by atoms with Crippen LogP contribution in [0.15, 0.2) is 30.5 Å². The second-order valence-corrected chi connectivity index (χ2v) is 4.23. The summed E-state index contributed by atoms with van der Waals surface area (Å²) < 4.78 is 14.8. The van der Waals surface area contributed by atoms with Crippen molar-refractivity contribution in [1.82, 2.24) is 15.1 Å². The van der Waals surface area contributed by atoms with Crippen molar-refractivity contribution in [1.29, 1.82) is 0 Å². The summed E-state index contributed by atoms with van der Waals surface area (Å²) in [5, 5.41) is 16.7. The van der Waals surface area contributed by atoms with Crippen molar-refractivity contribution in [2.75, 3.05) is 6.54 Å². The van der Waals surface area contributed by atoms with Crippen LogP contribution >= 0.6 is 0 Å². The quantitative estimate of drug-likeness (QED) is 0.791. The largest absolute Gasteiger partial charge is 0.508 e. The fourth-order valence-corrected chi connectivity index (χ4v) is 1.78. The van der Waals surface area contributed by atoms with Gasteiger partial charge >= 0.3 is 0 Å². The molecule has 1 aromatic carbocycles. The lowest BCUT2D eigenvalue weighted by Crippen LogP contribution is -2.17. The van der Waals surface area contributed by atoms with Gasteiger partial charge in [-0.2, -0.15) is 5.10 Å². The van der Waals surface area contributed by atoms with E-state index < -0.39 is 5.82 Å². The van der Waals surface area contributed by atoms with Crippen molar-refractivity contribution in [3.05, 3.63) is 47.5 Å². The zero-order valence-corrected chi connectivity index (χ0v) is 10.2. The number of phenolic OH excluding ortho intramolecular Hbond substituents is 1. The smallest absolute Gasteiger partial charge is 0.127 e. The monoisotopic (exact) mass is 249 g/mol. The summed E-state index contributed by atoms with van der Waals surface area (Å²) in [6.07, 6.45) is 2.72. The lowest BCUT2D eigenvalue weighted by atomic mass is 10.2. The van der Waals surface area contributed by atoms with E-state index in [1.165, 1.54) is 6.07 Å². The Labute approximate surface area is 105 Å². The summed E-state index contributed by atoms with van der Waals surface area (Å²) in [5.74, 6) is -0.465. The summed E-state index contributed by atoms with van der Waals surface area (Å²) >= 11 is 0. The lowest BCUT2D eigenvalue weighted by molar-refractivity contribution is 0.467. The number of phenols is 1. The van der Waals surface area contributed by atoms with Crippen LogP contribution in [0.4, 0.5) is 4.39 Å². The summed E-state index contributed by atoms with van der Waals surface area (Å²) in [6, 6.07) is 6.03. The van der Waals surface area contributed by atoms with Crippen LogP contribution in [0.2, 0.25) is 0 Å². The number of aromatic nitrogens is 2.